The highest BCUT2D eigenvalue weighted by Gasteiger charge is 2.25. The molecule has 0 bridgehead atoms. The van der Waals surface area contributed by atoms with Gasteiger partial charge in [0.1, 0.15) is 0 Å². The van der Waals surface area contributed by atoms with Gasteiger partial charge < -0.3 is 4.98 Å². The number of nitrogens with one attached hydrogen (secondary N) is 1. The molecular weight excluding hydrogens is 242 g/mol. The van der Waals surface area contributed by atoms with Gasteiger partial charge in [-0.3, -0.25) is 4.57 Å². The Kier molecular flexibility index (Phi) is 3.39. The van der Waals surface area contributed by atoms with Crippen molar-refractivity contribution in [3.63, 3.8) is 0 Å². The first-order valence-electron chi connectivity index (χ1n) is 5.66. The lowest BCUT2D eigenvalue weighted by Crippen LogP contribution is -2.39. The number of piperidine rings is 1. The van der Waals surface area contributed by atoms with Crippen molar-refractivity contribution in [2.24, 2.45) is 5.92 Å². The van der Waals surface area contributed by atoms with Crippen LogP contribution < -0.4 is 5.69 Å². The van der Waals surface area contributed by atoms with E-state index in [0.29, 0.717) is 25.6 Å². The first-order valence-corrected chi connectivity index (χ1v) is 7.50. The second kappa shape index (κ2) is 4.66. The zero-order chi connectivity index (χ0) is 12.5. The van der Waals surface area contributed by atoms with E-state index in [4.69, 9.17) is 0 Å². The molecule has 0 spiro atoms. The van der Waals surface area contributed by atoms with Crippen LogP contribution in [-0.4, -0.2) is 41.6 Å². The maximum atomic E-state index is 11.3. The summed E-state index contributed by atoms with van der Waals surface area (Å²) >= 11 is 0. The van der Waals surface area contributed by atoms with Gasteiger partial charge in [0.25, 0.3) is 0 Å². The molecule has 7 heteroatoms. The third kappa shape index (κ3) is 2.98. The van der Waals surface area contributed by atoms with Crippen LogP contribution in [0.15, 0.2) is 17.2 Å². The Morgan fingerprint density at radius 1 is 1.41 bits per heavy atom. The summed E-state index contributed by atoms with van der Waals surface area (Å²) in [5, 5.41) is 0. The molecule has 1 fully saturated rings. The molecule has 0 unspecified atom stereocenters. The molecule has 0 aromatic carbocycles. The normalized spacial score (nSPS) is 19.6. The average molecular weight is 259 g/mol. The number of aromatic nitrogens is 2. The number of nitrogens with zero attached hydrogens (tertiary/aromatic N) is 2. The van der Waals surface area contributed by atoms with E-state index in [0.717, 1.165) is 12.8 Å². The van der Waals surface area contributed by atoms with Crippen molar-refractivity contribution in [1.29, 1.82) is 0 Å². The fourth-order valence-electron chi connectivity index (χ4n) is 2.19. The van der Waals surface area contributed by atoms with Crippen LogP contribution in [0.5, 0.6) is 0 Å². The highest BCUT2D eigenvalue weighted by atomic mass is 32.2. The number of hydrogen-bond acceptors (Lipinski definition) is 3. The predicted molar refractivity (Wildman–Crippen MR) is 64.2 cm³/mol. The van der Waals surface area contributed by atoms with Crippen LogP contribution >= 0.6 is 0 Å². The summed E-state index contributed by atoms with van der Waals surface area (Å²) in [4.78, 5) is 13.9. The van der Waals surface area contributed by atoms with Gasteiger partial charge in [0.05, 0.1) is 6.26 Å². The Bertz CT molecular complexity index is 523. The molecule has 1 saturated heterocycles. The number of H-pyrrole nitrogens is 1. The van der Waals surface area contributed by atoms with Crippen molar-refractivity contribution in [3.8, 4) is 0 Å². The van der Waals surface area contributed by atoms with Gasteiger partial charge in [0.2, 0.25) is 10.0 Å². The molecule has 6 nitrogen and oxygen atoms in total. The van der Waals surface area contributed by atoms with E-state index in [1.807, 2.05) is 0 Å². The summed E-state index contributed by atoms with van der Waals surface area (Å²) in [6.07, 6.45) is 6.21. The molecule has 2 heterocycles. The predicted octanol–water partition coefficient (Wildman–Crippen LogP) is -0.152. The van der Waals surface area contributed by atoms with Gasteiger partial charge >= 0.3 is 5.69 Å². The number of sulfonamides is 1. The summed E-state index contributed by atoms with van der Waals surface area (Å²) < 4.78 is 25.8. The van der Waals surface area contributed by atoms with Crippen molar-refractivity contribution < 1.29 is 8.42 Å². The van der Waals surface area contributed by atoms with Crippen molar-refractivity contribution in [2.75, 3.05) is 19.3 Å². The quantitative estimate of drug-likeness (QED) is 0.820. The zero-order valence-corrected chi connectivity index (χ0v) is 10.6. The summed E-state index contributed by atoms with van der Waals surface area (Å²) in [5.41, 5.74) is -0.101. The topological polar surface area (TPSA) is 75.2 Å². The van der Waals surface area contributed by atoms with Crippen molar-refractivity contribution in [2.45, 2.75) is 19.4 Å². The first-order chi connectivity index (χ1) is 7.97. The molecule has 0 aliphatic carbocycles. The van der Waals surface area contributed by atoms with Crippen LogP contribution in [0.3, 0.4) is 0 Å². The van der Waals surface area contributed by atoms with E-state index < -0.39 is 10.0 Å². The summed E-state index contributed by atoms with van der Waals surface area (Å²) in [6, 6.07) is 0. The summed E-state index contributed by atoms with van der Waals surface area (Å²) in [5.74, 6) is 0.376. The highest BCUT2D eigenvalue weighted by Crippen LogP contribution is 2.20. The molecule has 1 aromatic rings. The van der Waals surface area contributed by atoms with E-state index >= 15 is 0 Å². The lowest BCUT2D eigenvalue weighted by atomic mass is 9.98. The Hall–Kier alpha value is -1.08. The maximum Gasteiger partial charge on any atom is 0.325 e. The van der Waals surface area contributed by atoms with Gasteiger partial charge in [-0.05, 0) is 18.8 Å². The molecule has 2 rings (SSSR count). The highest BCUT2D eigenvalue weighted by molar-refractivity contribution is 7.88. The van der Waals surface area contributed by atoms with E-state index in [1.165, 1.54) is 10.6 Å². The van der Waals surface area contributed by atoms with Crippen LogP contribution in [0.4, 0.5) is 0 Å². The molecule has 1 aromatic heterocycles. The standard InChI is InChI=1S/C10H17N3O3S/c1-17(15,16)13-5-2-9(3-6-13)8-12-7-4-11-10(12)14/h4,7,9H,2-3,5-6,8H2,1H3,(H,11,14). The minimum atomic E-state index is -3.06. The summed E-state index contributed by atoms with van der Waals surface area (Å²) in [7, 11) is -3.06. The maximum absolute atomic E-state index is 11.3. The van der Waals surface area contributed by atoms with Crippen molar-refractivity contribution >= 4 is 10.0 Å². The molecule has 0 saturated carbocycles. The molecule has 96 valence electrons. The van der Waals surface area contributed by atoms with Gasteiger partial charge in [-0.15, -0.1) is 0 Å². The van der Waals surface area contributed by atoms with E-state index in [1.54, 1.807) is 17.0 Å². The third-order valence-corrected chi connectivity index (χ3v) is 4.52. The van der Waals surface area contributed by atoms with Crippen LogP contribution in [0.1, 0.15) is 12.8 Å². The number of aromatic amines is 1. The van der Waals surface area contributed by atoms with E-state index in [2.05, 4.69) is 4.98 Å². The Labute approximate surface area is 100 Å². The van der Waals surface area contributed by atoms with Crippen LogP contribution in [-0.2, 0) is 16.6 Å². The van der Waals surface area contributed by atoms with E-state index in [9.17, 15) is 13.2 Å². The Morgan fingerprint density at radius 3 is 2.53 bits per heavy atom. The SMILES string of the molecule is CS(=O)(=O)N1CCC(Cn2cc[nH]c2=O)CC1. The Morgan fingerprint density at radius 2 is 2.06 bits per heavy atom. The third-order valence-electron chi connectivity index (χ3n) is 3.22. The lowest BCUT2D eigenvalue weighted by molar-refractivity contribution is 0.252. The zero-order valence-electron chi connectivity index (χ0n) is 9.80. The molecule has 17 heavy (non-hydrogen) atoms. The number of imidazole rings is 1. The van der Waals surface area contributed by atoms with Gasteiger partial charge in [0.15, 0.2) is 0 Å². The fourth-order valence-corrected chi connectivity index (χ4v) is 3.07. The average Bonchev–Trinajstić information content (AvgIpc) is 2.64. The van der Waals surface area contributed by atoms with Gasteiger partial charge in [-0.2, -0.15) is 0 Å². The first kappa shape index (κ1) is 12.4. The summed E-state index contributed by atoms with van der Waals surface area (Å²) in [6.45, 7) is 1.78. The monoisotopic (exact) mass is 259 g/mol. The number of rotatable bonds is 3. The Balaban J connectivity index is 1.92. The van der Waals surface area contributed by atoms with Crippen LogP contribution in [0.2, 0.25) is 0 Å². The molecule has 1 aliphatic heterocycles. The molecule has 0 radical (unpaired) electrons. The van der Waals surface area contributed by atoms with E-state index in [-0.39, 0.29) is 5.69 Å². The smallest absolute Gasteiger partial charge is 0.313 e. The number of hydrogen-bond donors (Lipinski definition) is 1. The molecule has 0 atom stereocenters. The van der Waals surface area contributed by atoms with Crippen LogP contribution in [0, 0.1) is 5.92 Å². The molecular formula is C10H17N3O3S. The fraction of sp³-hybridized carbons (Fsp3) is 0.700. The largest absolute Gasteiger partial charge is 0.325 e. The molecule has 1 aliphatic rings. The molecule has 1 N–H and O–H groups in total. The second-order valence-electron chi connectivity index (χ2n) is 4.52. The van der Waals surface area contributed by atoms with Crippen LogP contribution in [0.25, 0.3) is 0 Å². The van der Waals surface area contributed by atoms with Gasteiger partial charge in [-0.25, -0.2) is 17.5 Å². The van der Waals surface area contributed by atoms with Crippen molar-refractivity contribution in [3.05, 3.63) is 22.9 Å². The molecule has 0 amide bonds. The second-order valence-corrected chi connectivity index (χ2v) is 6.51. The lowest BCUT2D eigenvalue weighted by Gasteiger charge is -2.30. The van der Waals surface area contributed by atoms with Gasteiger partial charge in [0, 0.05) is 32.0 Å². The minimum absolute atomic E-state index is 0.101. The van der Waals surface area contributed by atoms with Gasteiger partial charge in [-0.1, -0.05) is 0 Å². The minimum Gasteiger partial charge on any atom is -0.313 e. The van der Waals surface area contributed by atoms with Crippen molar-refractivity contribution in [1.82, 2.24) is 13.9 Å².